The van der Waals surface area contributed by atoms with Crippen LogP contribution in [0, 0.1) is 6.92 Å². The van der Waals surface area contributed by atoms with E-state index in [1.165, 1.54) is 12.8 Å². The molecule has 0 aliphatic rings. The fourth-order valence-corrected chi connectivity index (χ4v) is 1.89. The molecule has 1 rings (SSSR count). The number of hydrogen-bond donors (Lipinski definition) is 3. The second-order valence-electron chi connectivity index (χ2n) is 4.84. The number of hydrogen-bond acceptors (Lipinski definition) is 2. The Morgan fingerprint density at radius 1 is 1.20 bits per heavy atom. The second-order valence-corrected chi connectivity index (χ2v) is 4.84. The molecule has 5 heteroatoms. The first-order valence-electron chi connectivity index (χ1n) is 7.00. The highest BCUT2D eigenvalue weighted by molar-refractivity contribution is 5.97. The van der Waals surface area contributed by atoms with Crippen molar-refractivity contribution in [1.29, 1.82) is 0 Å². The van der Waals surface area contributed by atoms with Gasteiger partial charge in [0, 0.05) is 17.8 Å². The maximum atomic E-state index is 11.7. The molecule has 5 nitrogen and oxygen atoms in total. The molecular weight excluding hydrogens is 254 g/mol. The average Bonchev–Trinajstić information content (AvgIpc) is 2.40. The third kappa shape index (κ3) is 5.30. The van der Waals surface area contributed by atoms with Crippen molar-refractivity contribution in [3.8, 4) is 0 Å². The number of nitrogens with one attached hydrogen (secondary N) is 2. The van der Waals surface area contributed by atoms with E-state index in [1.54, 1.807) is 25.1 Å². The minimum absolute atomic E-state index is 0.263. The first kappa shape index (κ1) is 16.0. The molecule has 0 bridgehead atoms. The molecule has 1 aromatic rings. The summed E-state index contributed by atoms with van der Waals surface area (Å²) in [7, 11) is 0. The Hall–Kier alpha value is -2.04. The molecule has 0 heterocycles. The molecule has 0 unspecified atom stereocenters. The van der Waals surface area contributed by atoms with Gasteiger partial charge in [-0.25, -0.2) is 4.79 Å². The van der Waals surface area contributed by atoms with E-state index in [0.717, 1.165) is 18.4 Å². The Kier molecular flexibility index (Phi) is 6.56. The van der Waals surface area contributed by atoms with Gasteiger partial charge in [-0.1, -0.05) is 32.3 Å². The molecule has 0 aromatic heterocycles. The number of unbranched alkanes of at least 4 members (excludes halogenated alkanes) is 3. The highest BCUT2D eigenvalue weighted by Gasteiger charge is 2.07. The van der Waals surface area contributed by atoms with Crippen LogP contribution in [0.4, 0.5) is 10.5 Å². The summed E-state index contributed by atoms with van der Waals surface area (Å²) < 4.78 is 0. The molecule has 4 N–H and O–H groups in total. The number of rotatable bonds is 7. The summed E-state index contributed by atoms with van der Waals surface area (Å²) in [6.45, 7) is 4.60. The average molecular weight is 277 g/mol. The van der Waals surface area contributed by atoms with Crippen LogP contribution in [0.15, 0.2) is 18.2 Å². The molecular formula is C15H23N3O2. The predicted octanol–water partition coefficient (Wildman–Crippen LogP) is 2.80. The van der Waals surface area contributed by atoms with Crippen LogP contribution in [0.3, 0.4) is 0 Å². The first-order chi connectivity index (χ1) is 9.54. The van der Waals surface area contributed by atoms with E-state index in [1.807, 2.05) is 0 Å². The zero-order chi connectivity index (χ0) is 15.0. The number of primary amides is 1. The molecule has 0 aliphatic carbocycles. The van der Waals surface area contributed by atoms with Crippen LogP contribution < -0.4 is 16.4 Å². The van der Waals surface area contributed by atoms with Gasteiger partial charge in [0.1, 0.15) is 0 Å². The van der Waals surface area contributed by atoms with Crippen molar-refractivity contribution >= 4 is 17.6 Å². The van der Waals surface area contributed by atoms with Crippen molar-refractivity contribution in [3.05, 3.63) is 29.3 Å². The number of anilines is 1. The third-order valence-electron chi connectivity index (χ3n) is 3.08. The zero-order valence-corrected chi connectivity index (χ0v) is 12.2. The van der Waals surface area contributed by atoms with Crippen molar-refractivity contribution < 1.29 is 9.59 Å². The van der Waals surface area contributed by atoms with Crippen molar-refractivity contribution in [2.75, 3.05) is 11.9 Å². The van der Waals surface area contributed by atoms with Crippen LogP contribution in [0.1, 0.15) is 48.5 Å². The van der Waals surface area contributed by atoms with E-state index in [-0.39, 0.29) is 6.03 Å². The topological polar surface area (TPSA) is 84.2 Å². The molecule has 110 valence electrons. The summed E-state index contributed by atoms with van der Waals surface area (Å²) in [6.07, 6.45) is 4.45. The zero-order valence-electron chi connectivity index (χ0n) is 12.2. The molecule has 0 saturated carbocycles. The van der Waals surface area contributed by atoms with Gasteiger partial charge in [-0.2, -0.15) is 0 Å². The van der Waals surface area contributed by atoms with Crippen LogP contribution in [-0.2, 0) is 0 Å². The van der Waals surface area contributed by atoms with Gasteiger partial charge in [0.2, 0.25) is 5.91 Å². The van der Waals surface area contributed by atoms with Crippen molar-refractivity contribution in [3.63, 3.8) is 0 Å². The quantitative estimate of drug-likeness (QED) is 0.669. The van der Waals surface area contributed by atoms with E-state index >= 15 is 0 Å². The van der Waals surface area contributed by atoms with Crippen molar-refractivity contribution in [1.82, 2.24) is 5.32 Å². The first-order valence-corrected chi connectivity index (χ1v) is 7.00. The standard InChI is InChI=1S/C15H23N3O2/c1-3-4-5-6-9-17-15(20)18-12-8-7-11(2)13(10-12)14(16)19/h7-8,10H,3-6,9H2,1-2H3,(H2,16,19)(H2,17,18,20). The lowest BCUT2D eigenvalue weighted by Crippen LogP contribution is -2.29. The van der Waals surface area contributed by atoms with E-state index in [2.05, 4.69) is 17.6 Å². The van der Waals surface area contributed by atoms with Crippen LogP contribution in [0.5, 0.6) is 0 Å². The molecule has 0 atom stereocenters. The molecule has 0 saturated heterocycles. The van der Waals surface area contributed by atoms with Crippen molar-refractivity contribution in [2.45, 2.75) is 39.5 Å². The van der Waals surface area contributed by atoms with E-state index in [9.17, 15) is 9.59 Å². The predicted molar refractivity (Wildman–Crippen MR) is 80.9 cm³/mol. The summed E-state index contributed by atoms with van der Waals surface area (Å²) in [5, 5.41) is 5.48. The number of benzene rings is 1. The minimum atomic E-state index is -0.494. The minimum Gasteiger partial charge on any atom is -0.366 e. The lowest BCUT2D eigenvalue weighted by atomic mass is 10.1. The van der Waals surface area contributed by atoms with Gasteiger partial charge in [-0.15, -0.1) is 0 Å². The monoisotopic (exact) mass is 277 g/mol. The Bertz CT molecular complexity index is 472. The second kappa shape index (κ2) is 8.19. The lowest BCUT2D eigenvalue weighted by molar-refractivity contribution is 0.0999. The van der Waals surface area contributed by atoms with Crippen LogP contribution in [-0.4, -0.2) is 18.5 Å². The summed E-state index contributed by atoms with van der Waals surface area (Å²) in [5.41, 5.74) is 7.06. The van der Waals surface area contributed by atoms with Crippen LogP contribution in [0.25, 0.3) is 0 Å². The van der Waals surface area contributed by atoms with Crippen LogP contribution in [0.2, 0.25) is 0 Å². The Morgan fingerprint density at radius 2 is 1.95 bits per heavy atom. The van der Waals surface area contributed by atoms with Gasteiger partial charge in [-0.05, 0) is 31.0 Å². The molecule has 0 radical (unpaired) electrons. The Labute approximate surface area is 119 Å². The summed E-state index contributed by atoms with van der Waals surface area (Å²) >= 11 is 0. The lowest BCUT2D eigenvalue weighted by Gasteiger charge is -2.09. The number of aryl methyl sites for hydroxylation is 1. The Morgan fingerprint density at radius 3 is 2.60 bits per heavy atom. The molecule has 0 fully saturated rings. The largest absolute Gasteiger partial charge is 0.366 e. The number of carbonyl (C=O) groups is 2. The van der Waals surface area contributed by atoms with Crippen LogP contribution >= 0.6 is 0 Å². The fraction of sp³-hybridized carbons (Fsp3) is 0.467. The van der Waals surface area contributed by atoms with E-state index < -0.39 is 5.91 Å². The molecule has 0 spiro atoms. The molecule has 3 amide bonds. The van der Waals surface area contributed by atoms with Gasteiger partial charge in [0.25, 0.3) is 0 Å². The smallest absolute Gasteiger partial charge is 0.319 e. The van der Waals surface area contributed by atoms with E-state index in [4.69, 9.17) is 5.73 Å². The van der Waals surface area contributed by atoms with Gasteiger partial charge >= 0.3 is 6.03 Å². The highest BCUT2D eigenvalue weighted by atomic mass is 16.2. The summed E-state index contributed by atoms with van der Waals surface area (Å²) in [4.78, 5) is 22.9. The maximum Gasteiger partial charge on any atom is 0.319 e. The highest BCUT2D eigenvalue weighted by Crippen LogP contribution is 2.14. The number of carbonyl (C=O) groups excluding carboxylic acids is 2. The normalized spacial score (nSPS) is 10.1. The fourth-order valence-electron chi connectivity index (χ4n) is 1.89. The number of nitrogens with two attached hydrogens (primary N) is 1. The number of amides is 3. The van der Waals surface area contributed by atoms with Gasteiger partial charge < -0.3 is 16.4 Å². The number of urea groups is 1. The van der Waals surface area contributed by atoms with Gasteiger partial charge in [0.15, 0.2) is 0 Å². The molecule has 1 aromatic carbocycles. The molecule has 20 heavy (non-hydrogen) atoms. The summed E-state index contributed by atoms with van der Waals surface area (Å²) in [6, 6.07) is 4.84. The van der Waals surface area contributed by atoms with Gasteiger partial charge in [0.05, 0.1) is 0 Å². The van der Waals surface area contributed by atoms with E-state index in [0.29, 0.717) is 17.8 Å². The Balaban J connectivity index is 2.46. The van der Waals surface area contributed by atoms with Crippen molar-refractivity contribution in [2.24, 2.45) is 5.73 Å². The maximum absolute atomic E-state index is 11.7. The third-order valence-corrected chi connectivity index (χ3v) is 3.08. The SMILES string of the molecule is CCCCCCNC(=O)Nc1ccc(C)c(C(N)=O)c1. The summed E-state index contributed by atoms with van der Waals surface area (Å²) in [5.74, 6) is -0.494. The molecule has 0 aliphatic heterocycles. The van der Waals surface area contributed by atoms with Gasteiger partial charge in [-0.3, -0.25) is 4.79 Å².